The van der Waals surface area contributed by atoms with E-state index >= 15 is 0 Å². The van der Waals surface area contributed by atoms with Gasteiger partial charge in [-0.2, -0.15) is 0 Å². The van der Waals surface area contributed by atoms with E-state index in [9.17, 15) is 0 Å². The molecule has 0 unspecified atom stereocenters. The van der Waals surface area contributed by atoms with Crippen LogP contribution in [0.5, 0.6) is 0 Å². The predicted molar refractivity (Wildman–Crippen MR) is 57.3 cm³/mol. The van der Waals surface area contributed by atoms with Gasteiger partial charge in [-0.25, -0.2) is 0 Å². The van der Waals surface area contributed by atoms with Gasteiger partial charge in [0.2, 0.25) is 0 Å². The van der Waals surface area contributed by atoms with E-state index < -0.39 is 0 Å². The van der Waals surface area contributed by atoms with Gasteiger partial charge in [0.15, 0.2) is 0 Å². The van der Waals surface area contributed by atoms with Crippen LogP contribution in [0.15, 0.2) is 41.7 Å². The molecule has 0 N–H and O–H groups in total. The summed E-state index contributed by atoms with van der Waals surface area (Å²) in [6.07, 6.45) is 9.91. The van der Waals surface area contributed by atoms with Crippen LogP contribution in [-0.2, 0) is 0 Å². The molecule has 0 atom stereocenters. The maximum Gasteiger partial charge on any atom is 0.0573 e. The lowest BCUT2D eigenvalue weighted by molar-refractivity contribution is 0.604. The normalized spacial score (nSPS) is 13.2. The molecular weight excluding hydrogens is 160 g/mol. The number of hydrogen-bond acceptors (Lipinski definition) is 1. The molecule has 70 valence electrons. The Morgan fingerprint density at radius 3 is 2.15 bits per heavy atom. The van der Waals surface area contributed by atoms with Crippen molar-refractivity contribution in [2.45, 2.75) is 19.9 Å². The van der Waals surface area contributed by atoms with E-state index in [1.165, 1.54) is 0 Å². The SMILES string of the molecule is C1=CCN=C1.CC(C)n1cccc1. The number of aromatic nitrogens is 1. The van der Waals surface area contributed by atoms with Gasteiger partial charge in [0.25, 0.3) is 0 Å². The average molecular weight is 176 g/mol. The van der Waals surface area contributed by atoms with Crippen molar-refractivity contribution in [3.8, 4) is 0 Å². The Balaban J connectivity index is 0.000000145. The molecular formula is C11H16N2. The van der Waals surface area contributed by atoms with E-state index in [1.54, 1.807) is 6.21 Å². The van der Waals surface area contributed by atoms with Gasteiger partial charge in [0.05, 0.1) is 6.54 Å². The summed E-state index contributed by atoms with van der Waals surface area (Å²) >= 11 is 0. The lowest BCUT2D eigenvalue weighted by atomic mass is 10.4. The highest BCUT2D eigenvalue weighted by atomic mass is 15.0. The van der Waals surface area contributed by atoms with Crippen LogP contribution in [-0.4, -0.2) is 17.3 Å². The largest absolute Gasteiger partial charge is 0.352 e. The minimum Gasteiger partial charge on any atom is -0.352 e. The third-order valence-corrected chi connectivity index (χ3v) is 1.76. The smallest absolute Gasteiger partial charge is 0.0573 e. The molecule has 0 fully saturated rings. The second-order valence-electron chi connectivity index (χ2n) is 3.17. The molecule has 1 aliphatic rings. The van der Waals surface area contributed by atoms with E-state index in [4.69, 9.17) is 0 Å². The lowest BCUT2D eigenvalue weighted by Crippen LogP contribution is -1.94. The first-order valence-corrected chi connectivity index (χ1v) is 4.58. The molecule has 1 aromatic rings. The topological polar surface area (TPSA) is 17.3 Å². The highest BCUT2D eigenvalue weighted by molar-refractivity contribution is 5.73. The van der Waals surface area contributed by atoms with Gasteiger partial charge in [-0.3, -0.25) is 4.99 Å². The van der Waals surface area contributed by atoms with Crippen LogP contribution in [0.1, 0.15) is 19.9 Å². The molecule has 0 bridgehead atoms. The molecule has 0 aromatic carbocycles. The van der Waals surface area contributed by atoms with Crippen molar-refractivity contribution in [3.63, 3.8) is 0 Å². The van der Waals surface area contributed by atoms with Crippen molar-refractivity contribution >= 4 is 6.21 Å². The first-order chi connectivity index (χ1) is 6.30. The maximum atomic E-state index is 3.85. The molecule has 2 nitrogen and oxygen atoms in total. The number of allylic oxidation sites excluding steroid dienone is 1. The fourth-order valence-electron chi connectivity index (χ4n) is 0.996. The van der Waals surface area contributed by atoms with Crippen LogP contribution >= 0.6 is 0 Å². The van der Waals surface area contributed by atoms with Crippen LogP contribution in [0.3, 0.4) is 0 Å². The summed E-state index contributed by atoms with van der Waals surface area (Å²) in [7, 11) is 0. The minimum absolute atomic E-state index is 0.602. The third kappa shape index (κ3) is 3.74. The Morgan fingerprint density at radius 1 is 1.23 bits per heavy atom. The van der Waals surface area contributed by atoms with Crippen molar-refractivity contribution in [2.75, 3.05) is 6.54 Å². The van der Waals surface area contributed by atoms with Crippen LogP contribution in [0.25, 0.3) is 0 Å². The van der Waals surface area contributed by atoms with Crippen molar-refractivity contribution in [2.24, 2.45) is 4.99 Å². The maximum absolute atomic E-state index is 3.85. The summed E-state index contributed by atoms with van der Waals surface area (Å²) < 4.78 is 2.17. The number of hydrogen-bond donors (Lipinski definition) is 0. The molecule has 1 aromatic heterocycles. The molecule has 2 heteroatoms. The lowest BCUT2D eigenvalue weighted by Gasteiger charge is -2.03. The highest BCUT2D eigenvalue weighted by Crippen LogP contribution is 2.01. The molecule has 2 rings (SSSR count). The number of aliphatic imine (C=N–C) groups is 1. The van der Waals surface area contributed by atoms with Gasteiger partial charge in [-0.1, -0.05) is 6.08 Å². The van der Waals surface area contributed by atoms with Gasteiger partial charge in [-0.05, 0) is 32.1 Å². The summed E-state index contributed by atoms with van der Waals surface area (Å²) in [4.78, 5) is 3.85. The zero-order valence-electron chi connectivity index (χ0n) is 8.22. The molecule has 0 aliphatic carbocycles. The second kappa shape index (κ2) is 5.36. The molecule has 1 aliphatic heterocycles. The number of nitrogens with zero attached hydrogens (tertiary/aromatic N) is 2. The fraction of sp³-hybridized carbons (Fsp3) is 0.364. The molecule has 0 radical (unpaired) electrons. The zero-order chi connectivity index (χ0) is 9.52. The minimum atomic E-state index is 0.602. The van der Waals surface area contributed by atoms with Crippen LogP contribution in [0.4, 0.5) is 0 Å². The van der Waals surface area contributed by atoms with Crippen molar-refractivity contribution < 1.29 is 0 Å². The molecule has 2 heterocycles. The summed E-state index contributed by atoms with van der Waals surface area (Å²) in [5.41, 5.74) is 0. The Morgan fingerprint density at radius 2 is 1.92 bits per heavy atom. The Kier molecular flexibility index (Phi) is 4.03. The summed E-state index contributed by atoms with van der Waals surface area (Å²) in [6.45, 7) is 5.22. The average Bonchev–Trinajstić information content (AvgIpc) is 2.82. The van der Waals surface area contributed by atoms with Crippen LogP contribution in [0.2, 0.25) is 0 Å². The molecule has 0 spiro atoms. The third-order valence-electron chi connectivity index (χ3n) is 1.76. The summed E-state index contributed by atoms with van der Waals surface area (Å²) in [5, 5.41) is 0. The van der Waals surface area contributed by atoms with Crippen molar-refractivity contribution in [1.82, 2.24) is 4.57 Å². The van der Waals surface area contributed by atoms with Gasteiger partial charge in [0, 0.05) is 24.7 Å². The van der Waals surface area contributed by atoms with Gasteiger partial charge in [-0.15, -0.1) is 0 Å². The monoisotopic (exact) mass is 176 g/mol. The van der Waals surface area contributed by atoms with E-state index in [0.717, 1.165) is 6.54 Å². The quantitative estimate of drug-likeness (QED) is 0.626. The standard InChI is InChI=1S/C7H11N.C4H5N/c1-7(2)8-5-3-4-6-8;1-2-4-5-3-1/h3-7H,1-2H3;1-3H,4H2. The highest BCUT2D eigenvalue weighted by Gasteiger charge is 1.89. The van der Waals surface area contributed by atoms with E-state index in [2.05, 4.69) is 35.8 Å². The molecule has 13 heavy (non-hydrogen) atoms. The van der Waals surface area contributed by atoms with Crippen molar-refractivity contribution in [3.05, 3.63) is 36.7 Å². The molecule has 0 saturated heterocycles. The van der Waals surface area contributed by atoms with Gasteiger partial charge >= 0.3 is 0 Å². The van der Waals surface area contributed by atoms with Crippen LogP contribution in [0, 0.1) is 0 Å². The number of rotatable bonds is 1. The fourth-order valence-corrected chi connectivity index (χ4v) is 0.996. The van der Waals surface area contributed by atoms with E-state index in [1.807, 2.05) is 24.3 Å². The molecule has 0 amide bonds. The first-order valence-electron chi connectivity index (χ1n) is 4.58. The van der Waals surface area contributed by atoms with Crippen LogP contribution < -0.4 is 0 Å². The van der Waals surface area contributed by atoms with Gasteiger partial charge < -0.3 is 4.57 Å². The van der Waals surface area contributed by atoms with E-state index in [-0.39, 0.29) is 0 Å². The van der Waals surface area contributed by atoms with Crippen molar-refractivity contribution in [1.29, 1.82) is 0 Å². The zero-order valence-corrected chi connectivity index (χ0v) is 8.22. The Hall–Kier alpha value is -1.31. The second-order valence-corrected chi connectivity index (χ2v) is 3.17. The van der Waals surface area contributed by atoms with Gasteiger partial charge in [0.1, 0.15) is 0 Å². The summed E-state index contributed by atoms with van der Waals surface area (Å²) in [6, 6.07) is 4.69. The molecule has 0 saturated carbocycles. The predicted octanol–water partition coefficient (Wildman–Crippen LogP) is 2.70. The van der Waals surface area contributed by atoms with E-state index in [0.29, 0.717) is 6.04 Å². The summed E-state index contributed by atoms with van der Waals surface area (Å²) in [5.74, 6) is 0. The Labute approximate surface area is 79.6 Å². The first kappa shape index (κ1) is 9.78. The Bertz CT molecular complexity index is 258.